The smallest absolute Gasteiger partial charge is 0.249 e. The van der Waals surface area contributed by atoms with Crippen molar-refractivity contribution in [3.63, 3.8) is 0 Å². The van der Waals surface area contributed by atoms with E-state index in [0.29, 0.717) is 56.3 Å². The number of nitrogens with zero attached hydrogens (tertiary/aromatic N) is 6. The Kier molecular flexibility index (Phi) is 41.5. The summed E-state index contributed by atoms with van der Waals surface area (Å²) in [5.74, 6) is 0. The third kappa shape index (κ3) is 30.0. The highest BCUT2D eigenvalue weighted by molar-refractivity contribution is 5.63. The third-order valence-corrected chi connectivity index (χ3v) is 18.5. The van der Waals surface area contributed by atoms with Crippen LogP contribution in [-0.2, 0) is 27.1 Å². The molecule has 0 unspecified atom stereocenters. The van der Waals surface area contributed by atoms with Crippen LogP contribution in [0.5, 0.6) is 0 Å². The molecule has 0 saturated carbocycles. The number of nitrogens with one attached hydrogen (secondary N) is 4. The maximum Gasteiger partial charge on any atom is 0.249 e. The van der Waals surface area contributed by atoms with E-state index in [4.69, 9.17) is 0 Å². The van der Waals surface area contributed by atoms with Crippen molar-refractivity contribution in [1.29, 1.82) is 0 Å². The number of anilines is 5. The summed E-state index contributed by atoms with van der Waals surface area (Å²) in [6.45, 7) is 62.0. The molecular weight excluding hydrogens is 1280 g/mol. The molecule has 0 heterocycles. The van der Waals surface area contributed by atoms with Crippen molar-refractivity contribution in [2.45, 2.75) is 269 Å². The van der Waals surface area contributed by atoms with E-state index in [1.807, 2.05) is 116 Å². The van der Waals surface area contributed by atoms with Gasteiger partial charge < -0.3 is 50.7 Å². The summed E-state index contributed by atoms with van der Waals surface area (Å²) < 4.78 is 0. The normalized spacial score (nSPS) is 12.3. The van der Waals surface area contributed by atoms with Crippen molar-refractivity contribution in [3.05, 3.63) is 130 Å². The van der Waals surface area contributed by atoms with Crippen LogP contribution in [0.2, 0.25) is 0 Å². The summed E-state index contributed by atoms with van der Waals surface area (Å²) in [4.78, 5) is 130. The molecule has 0 radical (unpaired) electrons. The lowest BCUT2D eigenvalue weighted by Gasteiger charge is -2.29. The fraction of sp³-hybridized carbons (Fsp3) is 0.756. The number of hydrogen-bond acceptors (Lipinski definition) is 20. The minimum absolute atomic E-state index is 0.252. The molecule has 0 aromatic heterocycles. The molecule has 0 bridgehead atoms. The van der Waals surface area contributed by atoms with Gasteiger partial charge in [-0.15, -0.1) is 0 Å². The zero-order chi connectivity index (χ0) is 78.3. The van der Waals surface area contributed by atoms with Gasteiger partial charge in [0.2, 0.25) is 54.3 Å². The van der Waals surface area contributed by atoms with Crippen LogP contribution in [-0.4, -0.2) is 164 Å². The summed E-state index contributed by atoms with van der Waals surface area (Å²) in [5.41, 5.74) is 1.60. The molecule has 0 aliphatic carbocycles. The van der Waals surface area contributed by atoms with Crippen molar-refractivity contribution in [3.8, 4) is 0 Å². The summed E-state index contributed by atoms with van der Waals surface area (Å²) in [6, 6.07) is 0. The van der Waals surface area contributed by atoms with E-state index in [9.17, 15) is 47.9 Å². The molecule has 0 amide bonds. The summed E-state index contributed by atoms with van der Waals surface area (Å²) in [7, 11) is 8.14. The molecule has 20 nitrogen and oxygen atoms in total. The van der Waals surface area contributed by atoms with Gasteiger partial charge in [-0.3, -0.25) is 47.9 Å². The number of rotatable bonds is 41. The topological polar surface area (TPSA) is 238 Å². The molecule has 0 atom stereocenters. The van der Waals surface area contributed by atoms with Gasteiger partial charge in [0.1, 0.15) is 0 Å². The Hall–Kier alpha value is -5.80. The lowest BCUT2D eigenvalue weighted by atomic mass is 9.82. The van der Waals surface area contributed by atoms with Crippen LogP contribution in [0.3, 0.4) is 0 Å². The fourth-order valence-corrected chi connectivity index (χ4v) is 12.9. The van der Waals surface area contributed by atoms with E-state index in [2.05, 4.69) is 115 Å². The number of unbranched alkanes of at least 4 members (excludes halogenated alkanes) is 5. The average molecular weight is 1430 g/mol. The van der Waals surface area contributed by atoms with Gasteiger partial charge >= 0.3 is 0 Å². The van der Waals surface area contributed by atoms with E-state index in [-0.39, 0.29) is 81.4 Å². The van der Waals surface area contributed by atoms with Crippen LogP contribution in [0, 0.1) is 0 Å². The van der Waals surface area contributed by atoms with Crippen molar-refractivity contribution in [1.82, 2.24) is 24.5 Å². The first-order chi connectivity index (χ1) is 47.4. The molecule has 582 valence electrons. The molecule has 0 aliphatic heterocycles. The van der Waals surface area contributed by atoms with Gasteiger partial charge in [-0.25, -0.2) is 0 Å². The minimum atomic E-state index is -0.349. The van der Waals surface area contributed by atoms with Gasteiger partial charge in [0, 0.05) is 67.6 Å². The van der Waals surface area contributed by atoms with Crippen LogP contribution in [0.15, 0.2) is 47.9 Å². The molecule has 0 fully saturated rings. The third-order valence-electron chi connectivity index (χ3n) is 18.5. The van der Waals surface area contributed by atoms with E-state index >= 15 is 0 Å². The van der Waals surface area contributed by atoms with E-state index < -0.39 is 0 Å². The molecule has 102 heavy (non-hydrogen) atoms. The van der Waals surface area contributed by atoms with Crippen LogP contribution < -0.4 is 80.5 Å². The largest absolute Gasteiger partial charge is 0.381 e. The van der Waals surface area contributed by atoms with Crippen LogP contribution in [0.25, 0.3) is 0 Å². The van der Waals surface area contributed by atoms with Crippen molar-refractivity contribution in [2.24, 2.45) is 0 Å². The molecular formula is C82H144N10O10. The maximum atomic E-state index is 11.7. The second kappa shape index (κ2) is 44.9. The Balaban J connectivity index is 0.000000638. The van der Waals surface area contributed by atoms with Crippen LogP contribution in [0.4, 0.5) is 28.4 Å². The van der Waals surface area contributed by atoms with Crippen molar-refractivity contribution < 1.29 is 0 Å². The first-order valence-corrected chi connectivity index (χ1v) is 38.8. The summed E-state index contributed by atoms with van der Waals surface area (Å²) in [6.07, 6.45) is 15.4. The standard InChI is InChI=1S/C18H32N2O2.C17H30N2O2.2C16H28N2O2.C15H26N2O2/c1-6-11-20(12-7-2)13-9-8-10-19-15-14(18(3,4)5)16(21)17(15)22;1-6-11-19(7-2)12-9-8-10-18-14-13(17(3,4)5)15(20)16(14)21;1-6-10-18(5)11-8-7-9-17-13-12(16(2,3)4)14(19)15(13)20;1-6-18(7-2)11-9-8-10-17-13-12(16(3,4)5)14(19)15(13)20;1-15(2,3)11-12(14(19)13(11)18)17(6)10-8-7-9-16(4)5/h19H,6-13H2,1-5H3;18H,6-12H2,1-5H3;2*17H,6-11H2,1-5H3;7-10H2,1-6H3. The number of hydrogen-bond donors (Lipinski definition) is 4. The van der Waals surface area contributed by atoms with Gasteiger partial charge in [-0.05, 0) is 217 Å². The Bertz CT molecular complexity index is 3590. The molecule has 20 heteroatoms. The molecule has 0 saturated heterocycles. The summed E-state index contributed by atoms with van der Waals surface area (Å²) >= 11 is 0. The van der Waals surface area contributed by atoms with Crippen LogP contribution >= 0.6 is 0 Å². The van der Waals surface area contributed by atoms with Gasteiger partial charge in [0.15, 0.2) is 0 Å². The second-order valence-corrected chi connectivity index (χ2v) is 33.3. The lowest BCUT2D eigenvalue weighted by Crippen LogP contribution is -2.46. The highest BCUT2D eigenvalue weighted by Gasteiger charge is 2.35. The molecule has 5 aromatic rings. The van der Waals surface area contributed by atoms with Crippen molar-refractivity contribution >= 4 is 28.4 Å². The predicted molar refractivity (Wildman–Crippen MR) is 437 cm³/mol. The molecule has 0 spiro atoms. The Morgan fingerprint density at radius 3 is 0.794 bits per heavy atom. The van der Waals surface area contributed by atoms with E-state index in [1.54, 1.807) is 0 Å². The van der Waals surface area contributed by atoms with Crippen LogP contribution in [0.1, 0.15) is 270 Å². The average Bonchev–Trinajstić information content (AvgIpc) is 0.796. The first-order valence-electron chi connectivity index (χ1n) is 38.8. The van der Waals surface area contributed by atoms with E-state index in [1.165, 1.54) is 25.7 Å². The first kappa shape index (κ1) is 94.2. The minimum Gasteiger partial charge on any atom is -0.381 e. The molecule has 5 rings (SSSR count). The second-order valence-electron chi connectivity index (χ2n) is 33.3. The predicted octanol–water partition coefficient (Wildman–Crippen LogP) is 11.0. The van der Waals surface area contributed by atoms with Crippen molar-refractivity contribution in [2.75, 3.05) is 166 Å². The molecule has 4 N–H and O–H groups in total. The monoisotopic (exact) mass is 1430 g/mol. The van der Waals surface area contributed by atoms with Gasteiger partial charge in [0.05, 0.1) is 28.4 Å². The fourth-order valence-electron chi connectivity index (χ4n) is 12.9. The Labute approximate surface area is 615 Å². The lowest BCUT2D eigenvalue weighted by molar-refractivity contribution is 0.270. The highest BCUT2D eigenvalue weighted by atomic mass is 16.2. The Morgan fingerprint density at radius 1 is 0.255 bits per heavy atom. The van der Waals surface area contributed by atoms with Gasteiger partial charge in [-0.2, -0.15) is 0 Å². The quantitative estimate of drug-likeness (QED) is 0.0210. The van der Waals surface area contributed by atoms with E-state index in [0.717, 1.165) is 175 Å². The van der Waals surface area contributed by atoms with Gasteiger partial charge in [-0.1, -0.05) is 152 Å². The zero-order valence-electron chi connectivity index (χ0n) is 69.2. The molecule has 0 aliphatic rings. The highest BCUT2D eigenvalue weighted by Crippen LogP contribution is 2.30. The zero-order valence-corrected chi connectivity index (χ0v) is 69.2. The Morgan fingerprint density at radius 2 is 0.510 bits per heavy atom. The summed E-state index contributed by atoms with van der Waals surface area (Å²) in [5, 5.41) is 12.7. The van der Waals surface area contributed by atoms with Gasteiger partial charge in [0.25, 0.3) is 0 Å². The molecule has 5 aromatic carbocycles. The SMILES string of the molecule is CCCN(C)CCCCNc1c(C(C)(C)C)c(=O)c1=O.CCCN(CC)CCCCNc1c(C(C)(C)C)c(=O)c1=O.CCCN(CCC)CCCCNc1c(C(C)(C)C)c(=O)c1=O.CCN(CC)CCCCNc1c(C(C)(C)C)c(=O)c1=O.CN(C)CCCCN(C)c1c(C(C)(C)C)c(=O)c1=O. The maximum absolute atomic E-state index is 11.7.